The Morgan fingerprint density at radius 3 is 2.62 bits per heavy atom. The van der Waals surface area contributed by atoms with Crippen LogP contribution in [0.5, 0.6) is 0 Å². The summed E-state index contributed by atoms with van der Waals surface area (Å²) in [5, 5.41) is 0. The maximum Gasteiger partial charge on any atom is 0.312 e. The molecule has 156 valence electrons. The van der Waals surface area contributed by atoms with Gasteiger partial charge in [-0.25, -0.2) is 4.98 Å². The van der Waals surface area contributed by atoms with Gasteiger partial charge < -0.3 is 19.9 Å². The lowest BCUT2D eigenvalue weighted by atomic mass is 10.2. The van der Waals surface area contributed by atoms with Crippen LogP contribution in [0, 0.1) is 17.9 Å². The molecule has 3 heterocycles. The van der Waals surface area contributed by atoms with E-state index in [0.29, 0.717) is 0 Å². The van der Waals surface area contributed by atoms with Crippen LogP contribution < -0.4 is 5.73 Å². The standard InChI is InChI=1S/C18H22FN5O5/c1-7(2)15(25)28-12-11-18(12,29-16(26)8(3)4)5-9(27-11)24-6-21-10-13(20)22-17(19)23-14(10)24/h6-9,11-12H,5H2,1-4H3,(H2,20,22,23)/t9-,11-,12?,18+/m1/s1. The number of fused-ring (bicyclic) bond motifs is 2. The Hall–Kier alpha value is -2.82. The second-order valence-corrected chi connectivity index (χ2v) is 7.96. The summed E-state index contributed by atoms with van der Waals surface area (Å²) < 4.78 is 32.3. The summed E-state index contributed by atoms with van der Waals surface area (Å²) in [4.78, 5) is 35.6. The Balaban J connectivity index is 1.61. The molecular formula is C18H22FN5O5. The number of esters is 2. The summed E-state index contributed by atoms with van der Waals surface area (Å²) in [5.74, 6) is -1.60. The third-order valence-corrected chi connectivity index (χ3v) is 5.13. The van der Waals surface area contributed by atoms with Gasteiger partial charge >= 0.3 is 18.0 Å². The molecule has 0 amide bonds. The van der Waals surface area contributed by atoms with Gasteiger partial charge in [0.2, 0.25) is 0 Å². The van der Waals surface area contributed by atoms with Crippen molar-refractivity contribution in [3.8, 4) is 0 Å². The maximum atomic E-state index is 13.6. The lowest BCUT2D eigenvalue weighted by Gasteiger charge is -2.21. The second kappa shape index (κ2) is 6.61. The van der Waals surface area contributed by atoms with E-state index >= 15 is 0 Å². The van der Waals surface area contributed by atoms with Crippen molar-refractivity contribution in [1.29, 1.82) is 0 Å². The number of nitrogens with two attached hydrogens (primary N) is 1. The van der Waals surface area contributed by atoms with Gasteiger partial charge in [0.15, 0.2) is 28.7 Å². The van der Waals surface area contributed by atoms with E-state index in [2.05, 4.69) is 15.0 Å². The van der Waals surface area contributed by atoms with Crippen LogP contribution in [0.3, 0.4) is 0 Å². The Bertz CT molecular complexity index is 992. The molecule has 1 saturated heterocycles. The highest BCUT2D eigenvalue weighted by Gasteiger charge is 2.78. The third kappa shape index (κ3) is 3.09. The largest absolute Gasteiger partial charge is 0.455 e. The number of hydrogen-bond acceptors (Lipinski definition) is 9. The Labute approximate surface area is 165 Å². The van der Waals surface area contributed by atoms with Crippen molar-refractivity contribution in [1.82, 2.24) is 19.5 Å². The molecule has 1 saturated carbocycles. The fourth-order valence-electron chi connectivity index (χ4n) is 3.43. The molecule has 0 spiro atoms. The molecule has 1 unspecified atom stereocenters. The Morgan fingerprint density at radius 2 is 1.97 bits per heavy atom. The van der Waals surface area contributed by atoms with Gasteiger partial charge in [0.05, 0.1) is 18.2 Å². The molecular weight excluding hydrogens is 385 g/mol. The number of ether oxygens (including phenoxy) is 3. The summed E-state index contributed by atoms with van der Waals surface area (Å²) >= 11 is 0. The van der Waals surface area contributed by atoms with E-state index in [9.17, 15) is 14.0 Å². The smallest absolute Gasteiger partial charge is 0.312 e. The maximum absolute atomic E-state index is 13.6. The van der Waals surface area contributed by atoms with Crippen molar-refractivity contribution in [2.45, 2.75) is 58.2 Å². The highest BCUT2D eigenvalue weighted by atomic mass is 19.1. The lowest BCUT2D eigenvalue weighted by Crippen LogP contribution is -2.30. The summed E-state index contributed by atoms with van der Waals surface area (Å²) in [6.07, 6.45) is -1.33. The number of halogens is 1. The number of nitrogen functional groups attached to an aromatic ring is 1. The average Bonchev–Trinajstić information content (AvgIpc) is 2.98. The van der Waals surface area contributed by atoms with Gasteiger partial charge in [0, 0.05) is 6.42 Å². The highest BCUT2D eigenvalue weighted by molar-refractivity contribution is 5.81. The van der Waals surface area contributed by atoms with Crippen molar-refractivity contribution in [3.05, 3.63) is 12.4 Å². The Morgan fingerprint density at radius 1 is 1.28 bits per heavy atom. The molecule has 0 aromatic carbocycles. The fourth-order valence-corrected chi connectivity index (χ4v) is 3.43. The minimum Gasteiger partial charge on any atom is -0.455 e. The number of carbonyl (C=O) groups excluding carboxylic acids is 2. The number of imidazole rings is 1. The van der Waals surface area contributed by atoms with Gasteiger partial charge in [-0.3, -0.25) is 14.2 Å². The van der Waals surface area contributed by atoms with Crippen molar-refractivity contribution >= 4 is 28.9 Å². The summed E-state index contributed by atoms with van der Waals surface area (Å²) in [6, 6.07) is 0. The molecule has 1 aliphatic heterocycles. The zero-order valence-corrected chi connectivity index (χ0v) is 16.5. The summed E-state index contributed by atoms with van der Waals surface area (Å²) in [7, 11) is 0. The number of aromatic nitrogens is 4. The molecule has 29 heavy (non-hydrogen) atoms. The van der Waals surface area contributed by atoms with E-state index in [0.717, 1.165) is 0 Å². The molecule has 0 radical (unpaired) electrons. The summed E-state index contributed by atoms with van der Waals surface area (Å²) in [5.41, 5.74) is 5.02. The van der Waals surface area contributed by atoms with E-state index in [1.54, 1.807) is 27.7 Å². The van der Waals surface area contributed by atoms with Crippen LogP contribution >= 0.6 is 0 Å². The van der Waals surface area contributed by atoms with Crippen LogP contribution in [0.2, 0.25) is 0 Å². The van der Waals surface area contributed by atoms with Crippen molar-refractivity contribution in [2.24, 2.45) is 11.8 Å². The first-order chi connectivity index (χ1) is 13.6. The molecule has 10 nitrogen and oxygen atoms in total. The minimum absolute atomic E-state index is 0.0842. The minimum atomic E-state index is -1.09. The van der Waals surface area contributed by atoms with Crippen molar-refractivity contribution in [3.63, 3.8) is 0 Å². The van der Waals surface area contributed by atoms with Crippen LogP contribution in [0.1, 0.15) is 40.3 Å². The zero-order chi connectivity index (χ0) is 21.1. The SMILES string of the molecule is CC(C)C(=O)OC1[C@H]2O[C@@H](n3cnc4c(N)nc(F)nc43)C[C@@]12OC(=O)C(C)C. The van der Waals surface area contributed by atoms with Crippen molar-refractivity contribution in [2.75, 3.05) is 5.73 Å². The molecule has 4 atom stereocenters. The van der Waals surface area contributed by atoms with Crippen molar-refractivity contribution < 1.29 is 28.2 Å². The predicted molar refractivity (Wildman–Crippen MR) is 96.6 cm³/mol. The molecule has 1 aliphatic carbocycles. The number of carbonyl (C=O) groups is 2. The first-order valence-electron chi connectivity index (χ1n) is 9.38. The first kappa shape index (κ1) is 19.5. The molecule has 2 aromatic heterocycles. The Kier molecular flexibility index (Phi) is 4.45. The molecule has 2 fully saturated rings. The van der Waals surface area contributed by atoms with Gasteiger partial charge in [-0.1, -0.05) is 27.7 Å². The monoisotopic (exact) mass is 407 g/mol. The number of hydrogen-bond donors (Lipinski definition) is 1. The van der Waals surface area contributed by atoms with Crippen LogP contribution in [-0.2, 0) is 23.8 Å². The number of rotatable bonds is 5. The van der Waals surface area contributed by atoms with Gasteiger partial charge in [0.25, 0.3) is 0 Å². The molecule has 11 heteroatoms. The van der Waals surface area contributed by atoms with Gasteiger partial charge in [-0.05, 0) is 0 Å². The van der Waals surface area contributed by atoms with E-state index in [4.69, 9.17) is 19.9 Å². The van der Waals surface area contributed by atoms with E-state index in [1.807, 2.05) is 0 Å². The van der Waals surface area contributed by atoms with Crippen LogP contribution in [0.4, 0.5) is 10.2 Å². The number of nitrogens with zero attached hydrogens (tertiary/aromatic N) is 4. The van der Waals surface area contributed by atoms with Crippen LogP contribution in [-0.4, -0.2) is 49.3 Å². The van der Waals surface area contributed by atoms with Crippen LogP contribution in [0.25, 0.3) is 11.2 Å². The van der Waals surface area contributed by atoms with Gasteiger partial charge in [-0.2, -0.15) is 14.4 Å². The zero-order valence-electron chi connectivity index (χ0n) is 16.5. The van der Waals surface area contributed by atoms with Crippen LogP contribution in [0.15, 0.2) is 6.33 Å². The fraction of sp³-hybridized carbons (Fsp3) is 0.611. The van der Waals surface area contributed by atoms with Gasteiger partial charge in [0.1, 0.15) is 12.3 Å². The third-order valence-electron chi connectivity index (χ3n) is 5.13. The lowest BCUT2D eigenvalue weighted by molar-refractivity contribution is -0.165. The molecule has 2 aromatic rings. The normalized spacial score (nSPS) is 28.0. The average molecular weight is 407 g/mol. The highest BCUT2D eigenvalue weighted by Crippen LogP contribution is 2.58. The molecule has 4 rings (SSSR count). The van der Waals surface area contributed by atoms with E-state index in [1.165, 1.54) is 10.9 Å². The molecule has 0 bridgehead atoms. The topological polar surface area (TPSA) is 131 Å². The molecule has 2 aliphatic rings. The quantitative estimate of drug-likeness (QED) is 0.576. The second-order valence-electron chi connectivity index (χ2n) is 7.96. The van der Waals surface area contributed by atoms with E-state index in [-0.39, 0.29) is 35.2 Å². The van der Waals surface area contributed by atoms with E-state index < -0.39 is 42.1 Å². The predicted octanol–water partition coefficient (Wildman–Crippen LogP) is 1.35. The number of anilines is 1. The summed E-state index contributed by atoms with van der Waals surface area (Å²) in [6.45, 7) is 6.86. The first-order valence-corrected chi connectivity index (χ1v) is 9.38. The molecule has 2 N–H and O–H groups in total. The van der Waals surface area contributed by atoms with Gasteiger partial charge in [-0.15, -0.1) is 0 Å².